The molecule has 0 saturated heterocycles. The second-order valence-electron chi connectivity index (χ2n) is 3.26. The summed E-state index contributed by atoms with van der Waals surface area (Å²) in [5.74, 6) is 0.282. The number of hydrogen-bond donors (Lipinski definition) is 1. The summed E-state index contributed by atoms with van der Waals surface area (Å²) in [5.41, 5.74) is -0.877. The predicted octanol–water partition coefficient (Wildman–Crippen LogP) is 2.75. The normalized spacial score (nSPS) is 11.6. The van der Waals surface area contributed by atoms with E-state index in [0.717, 1.165) is 18.5 Å². The van der Waals surface area contributed by atoms with Crippen LogP contribution in [0.25, 0.3) is 0 Å². The Morgan fingerprint density at radius 3 is 2.72 bits per heavy atom. The number of nitrogens with zero attached hydrogens (tertiary/aromatic N) is 3. The lowest BCUT2D eigenvalue weighted by Gasteiger charge is -2.09. The maximum absolute atomic E-state index is 12.5. The third kappa shape index (κ3) is 3.10. The van der Waals surface area contributed by atoms with Crippen LogP contribution >= 0.6 is 11.6 Å². The number of hydrogen-bond acceptors (Lipinski definition) is 5. The zero-order valence-electron chi connectivity index (χ0n) is 8.70. The van der Waals surface area contributed by atoms with Crippen molar-refractivity contribution in [3.63, 3.8) is 0 Å². The molecule has 9 heteroatoms. The first-order valence-electron chi connectivity index (χ1n) is 4.69. The van der Waals surface area contributed by atoms with Crippen molar-refractivity contribution in [1.82, 2.24) is 15.1 Å². The Bertz CT molecular complexity index is 529. The highest BCUT2D eigenvalue weighted by molar-refractivity contribution is 6.29. The van der Waals surface area contributed by atoms with E-state index in [1.54, 1.807) is 0 Å². The van der Waals surface area contributed by atoms with Crippen molar-refractivity contribution in [2.75, 3.05) is 5.32 Å². The molecule has 2 aromatic heterocycles. The molecular formula is C9H6ClF3N4O. The molecule has 5 nitrogen and oxygen atoms in total. The van der Waals surface area contributed by atoms with Crippen molar-refractivity contribution in [3.05, 3.63) is 35.1 Å². The molecule has 2 rings (SSSR count). The van der Waals surface area contributed by atoms with Crippen molar-refractivity contribution < 1.29 is 17.7 Å². The van der Waals surface area contributed by atoms with E-state index in [0.29, 0.717) is 5.82 Å². The molecule has 0 aliphatic heterocycles. The van der Waals surface area contributed by atoms with Gasteiger partial charge in [0.15, 0.2) is 5.82 Å². The van der Waals surface area contributed by atoms with E-state index in [1.165, 1.54) is 0 Å². The first kappa shape index (κ1) is 12.6. The van der Waals surface area contributed by atoms with Gasteiger partial charge in [-0.2, -0.15) is 18.2 Å². The van der Waals surface area contributed by atoms with Crippen molar-refractivity contribution in [1.29, 1.82) is 0 Å². The lowest BCUT2D eigenvalue weighted by Crippen LogP contribution is -2.08. The number of rotatable bonds is 3. The van der Waals surface area contributed by atoms with Gasteiger partial charge >= 0.3 is 6.18 Å². The fourth-order valence-corrected chi connectivity index (χ4v) is 1.40. The van der Waals surface area contributed by atoms with Gasteiger partial charge in [-0.15, -0.1) is 0 Å². The van der Waals surface area contributed by atoms with Gasteiger partial charge < -0.3 is 9.84 Å². The number of aromatic nitrogens is 3. The number of anilines is 1. The molecule has 0 fully saturated rings. The average Bonchev–Trinajstić information content (AvgIpc) is 2.77. The van der Waals surface area contributed by atoms with Crippen LogP contribution in [0.4, 0.5) is 19.0 Å². The van der Waals surface area contributed by atoms with Crippen LogP contribution in [0.1, 0.15) is 11.4 Å². The number of alkyl halides is 3. The Morgan fingerprint density at radius 1 is 1.33 bits per heavy atom. The Labute approximate surface area is 104 Å². The molecule has 0 aliphatic rings. The quantitative estimate of drug-likeness (QED) is 0.875. The lowest BCUT2D eigenvalue weighted by molar-refractivity contribution is -0.137. The fraction of sp³-hybridized carbons (Fsp3) is 0.222. The molecule has 2 aromatic rings. The molecule has 0 aliphatic carbocycles. The van der Waals surface area contributed by atoms with E-state index in [1.807, 2.05) is 0 Å². The molecule has 0 radical (unpaired) electrons. The van der Waals surface area contributed by atoms with Gasteiger partial charge in [0, 0.05) is 0 Å². The highest BCUT2D eigenvalue weighted by Crippen LogP contribution is 2.31. The van der Waals surface area contributed by atoms with Crippen LogP contribution in [0, 0.1) is 0 Å². The van der Waals surface area contributed by atoms with Crippen molar-refractivity contribution >= 4 is 17.4 Å². The molecule has 0 saturated carbocycles. The zero-order chi connectivity index (χ0) is 13.2. The minimum absolute atomic E-state index is 0.0142. The van der Waals surface area contributed by atoms with E-state index in [2.05, 4.69) is 25.0 Å². The van der Waals surface area contributed by atoms with Gasteiger partial charge in [0.05, 0.1) is 12.1 Å². The molecule has 0 atom stereocenters. The van der Waals surface area contributed by atoms with Gasteiger partial charge in [0.25, 0.3) is 0 Å². The maximum atomic E-state index is 12.5. The Kier molecular flexibility index (Phi) is 3.37. The topological polar surface area (TPSA) is 63.8 Å². The third-order valence-electron chi connectivity index (χ3n) is 1.96. The van der Waals surface area contributed by atoms with Gasteiger partial charge in [0.2, 0.25) is 6.39 Å². The Balaban J connectivity index is 2.15. The number of nitrogens with one attached hydrogen (secondary N) is 1. The van der Waals surface area contributed by atoms with E-state index in [-0.39, 0.29) is 17.5 Å². The highest BCUT2D eigenvalue weighted by Gasteiger charge is 2.31. The summed E-state index contributed by atoms with van der Waals surface area (Å²) in [6, 6.07) is 1.60. The Hall–Kier alpha value is -1.83. The summed E-state index contributed by atoms with van der Waals surface area (Å²) in [6.07, 6.45) is -3.36. The summed E-state index contributed by atoms with van der Waals surface area (Å²) in [6.45, 7) is 0.0845. The first-order chi connectivity index (χ1) is 8.45. The molecule has 2 heterocycles. The van der Waals surface area contributed by atoms with Gasteiger partial charge in [0.1, 0.15) is 11.0 Å². The monoisotopic (exact) mass is 278 g/mol. The SMILES string of the molecule is FC(F)(F)c1cc(Cl)nc(NCc2ncon2)c1. The minimum Gasteiger partial charge on any atom is -0.363 e. The molecule has 18 heavy (non-hydrogen) atoms. The summed E-state index contributed by atoms with van der Waals surface area (Å²) in [4.78, 5) is 7.42. The molecule has 0 amide bonds. The second kappa shape index (κ2) is 4.81. The molecule has 0 aromatic carbocycles. The predicted molar refractivity (Wildman–Crippen MR) is 55.9 cm³/mol. The molecule has 0 spiro atoms. The number of pyridine rings is 1. The van der Waals surface area contributed by atoms with E-state index in [4.69, 9.17) is 11.6 Å². The zero-order valence-corrected chi connectivity index (χ0v) is 9.46. The first-order valence-corrected chi connectivity index (χ1v) is 5.07. The molecule has 0 unspecified atom stereocenters. The van der Waals surface area contributed by atoms with Crippen molar-refractivity contribution in [2.45, 2.75) is 12.7 Å². The van der Waals surface area contributed by atoms with Crippen LogP contribution in [-0.2, 0) is 12.7 Å². The van der Waals surface area contributed by atoms with Gasteiger partial charge in [-0.3, -0.25) is 0 Å². The van der Waals surface area contributed by atoms with Gasteiger partial charge in [-0.05, 0) is 12.1 Å². The highest BCUT2D eigenvalue weighted by atomic mass is 35.5. The largest absolute Gasteiger partial charge is 0.416 e. The van der Waals surface area contributed by atoms with Crippen LogP contribution in [0.15, 0.2) is 23.0 Å². The Morgan fingerprint density at radius 2 is 2.11 bits per heavy atom. The summed E-state index contributed by atoms with van der Waals surface area (Å²) in [5, 5.41) is 5.86. The summed E-state index contributed by atoms with van der Waals surface area (Å²) >= 11 is 5.52. The smallest absolute Gasteiger partial charge is 0.363 e. The maximum Gasteiger partial charge on any atom is 0.416 e. The number of halogens is 4. The fourth-order valence-electron chi connectivity index (χ4n) is 1.19. The lowest BCUT2D eigenvalue weighted by atomic mass is 10.2. The van der Waals surface area contributed by atoms with Crippen LogP contribution in [0.2, 0.25) is 5.15 Å². The van der Waals surface area contributed by atoms with Crippen LogP contribution < -0.4 is 5.32 Å². The van der Waals surface area contributed by atoms with Crippen molar-refractivity contribution in [2.24, 2.45) is 0 Å². The summed E-state index contributed by atoms with van der Waals surface area (Å²) in [7, 11) is 0. The minimum atomic E-state index is -4.48. The molecule has 0 bridgehead atoms. The molecule has 96 valence electrons. The average molecular weight is 279 g/mol. The van der Waals surface area contributed by atoms with Crippen LogP contribution in [0.5, 0.6) is 0 Å². The third-order valence-corrected chi connectivity index (χ3v) is 2.15. The second-order valence-corrected chi connectivity index (χ2v) is 3.65. The van der Waals surface area contributed by atoms with Gasteiger partial charge in [-0.1, -0.05) is 16.8 Å². The van der Waals surface area contributed by atoms with Crippen LogP contribution in [0.3, 0.4) is 0 Å². The van der Waals surface area contributed by atoms with E-state index in [9.17, 15) is 13.2 Å². The van der Waals surface area contributed by atoms with Crippen molar-refractivity contribution in [3.8, 4) is 0 Å². The van der Waals surface area contributed by atoms with Crippen LogP contribution in [-0.4, -0.2) is 15.1 Å². The van der Waals surface area contributed by atoms with E-state index < -0.39 is 11.7 Å². The standard InChI is InChI=1S/C9H6ClF3N4O/c10-6-1-5(9(11,12)13)2-7(16-6)14-3-8-15-4-18-17-8/h1-2,4H,3H2,(H,14,16). The van der Waals surface area contributed by atoms with E-state index >= 15 is 0 Å². The molecule has 1 N–H and O–H groups in total. The summed E-state index contributed by atoms with van der Waals surface area (Å²) < 4.78 is 42.0. The molecular weight excluding hydrogens is 273 g/mol. The van der Waals surface area contributed by atoms with Gasteiger partial charge in [-0.25, -0.2) is 4.98 Å².